The summed E-state index contributed by atoms with van der Waals surface area (Å²) in [7, 11) is 0. The molecule has 2 aromatic heterocycles. The number of aromatic nitrogens is 2. The topological polar surface area (TPSA) is 61.0 Å². The second-order valence-electron chi connectivity index (χ2n) is 9.94. The molecule has 5 nitrogen and oxygen atoms in total. The third kappa shape index (κ3) is 5.91. The number of nitrogens with one attached hydrogen (secondary N) is 2. The minimum atomic E-state index is -0.0843. The standard InChI is InChI=1S/C28H32Cl2N4O/c29-25-2-1-3-26(30)22(25)8-9-28(35)33-21-6-4-19(5-7-21)18-34-14-11-20(12-15-34)23-17-32-27-10-13-31-16-24(23)27/h1-3,8-10,13,16-17,19-21,32H,4-7,11-12,14-15,18H2,(H,33,35)/b9-8+. The summed E-state index contributed by atoms with van der Waals surface area (Å²) in [4.78, 5) is 22.8. The van der Waals surface area contributed by atoms with E-state index in [-0.39, 0.29) is 11.9 Å². The monoisotopic (exact) mass is 510 g/mol. The number of hydrogen-bond donors (Lipinski definition) is 2. The molecule has 184 valence electrons. The van der Waals surface area contributed by atoms with E-state index in [4.69, 9.17) is 23.2 Å². The zero-order valence-electron chi connectivity index (χ0n) is 19.9. The van der Waals surface area contributed by atoms with E-state index in [1.54, 1.807) is 24.3 Å². The predicted octanol–water partition coefficient (Wildman–Crippen LogP) is 6.44. The number of nitrogens with zero attached hydrogens (tertiary/aromatic N) is 2. The van der Waals surface area contributed by atoms with E-state index < -0.39 is 0 Å². The first kappa shape index (κ1) is 24.4. The van der Waals surface area contributed by atoms with Crippen LogP contribution in [-0.2, 0) is 4.79 Å². The van der Waals surface area contributed by atoms with Gasteiger partial charge in [-0.15, -0.1) is 0 Å². The number of benzene rings is 1. The Bertz CT molecular complexity index is 1170. The molecule has 0 bridgehead atoms. The lowest BCUT2D eigenvalue weighted by atomic mass is 9.84. The minimum absolute atomic E-state index is 0.0843. The molecule has 2 N–H and O–H groups in total. The van der Waals surface area contributed by atoms with E-state index in [0.717, 1.165) is 31.8 Å². The number of amides is 1. The zero-order valence-corrected chi connectivity index (χ0v) is 21.4. The molecule has 1 amide bonds. The van der Waals surface area contributed by atoms with Crippen LogP contribution in [0.25, 0.3) is 17.0 Å². The van der Waals surface area contributed by atoms with Gasteiger partial charge in [0, 0.05) is 63.8 Å². The van der Waals surface area contributed by atoms with Gasteiger partial charge in [0.1, 0.15) is 0 Å². The van der Waals surface area contributed by atoms with Gasteiger partial charge < -0.3 is 15.2 Å². The van der Waals surface area contributed by atoms with Crippen LogP contribution in [0, 0.1) is 5.92 Å². The quantitative estimate of drug-likeness (QED) is 0.375. The third-order valence-electron chi connectivity index (χ3n) is 7.65. The van der Waals surface area contributed by atoms with E-state index in [9.17, 15) is 4.79 Å². The molecule has 1 aliphatic heterocycles. The highest BCUT2D eigenvalue weighted by atomic mass is 35.5. The van der Waals surface area contributed by atoms with Crippen molar-refractivity contribution in [3.63, 3.8) is 0 Å². The van der Waals surface area contributed by atoms with Gasteiger partial charge in [0.15, 0.2) is 0 Å². The lowest BCUT2D eigenvalue weighted by molar-refractivity contribution is -0.117. The van der Waals surface area contributed by atoms with Crippen molar-refractivity contribution < 1.29 is 4.79 Å². The molecular formula is C28H32Cl2N4O. The van der Waals surface area contributed by atoms with E-state index in [2.05, 4.69) is 32.4 Å². The van der Waals surface area contributed by atoms with Crippen LogP contribution in [0.3, 0.4) is 0 Å². The van der Waals surface area contributed by atoms with Gasteiger partial charge >= 0.3 is 0 Å². The van der Waals surface area contributed by atoms with Gasteiger partial charge in [-0.25, -0.2) is 0 Å². The highest BCUT2D eigenvalue weighted by molar-refractivity contribution is 6.37. The second-order valence-corrected chi connectivity index (χ2v) is 10.7. The van der Waals surface area contributed by atoms with Crippen molar-refractivity contribution in [2.24, 2.45) is 5.92 Å². The maximum absolute atomic E-state index is 12.4. The number of pyridine rings is 1. The van der Waals surface area contributed by atoms with E-state index in [0.29, 0.717) is 21.5 Å². The molecular weight excluding hydrogens is 479 g/mol. The molecule has 0 spiro atoms. The summed E-state index contributed by atoms with van der Waals surface area (Å²) in [5.74, 6) is 1.25. The highest BCUT2D eigenvalue weighted by Gasteiger charge is 2.27. The number of carbonyl (C=O) groups is 1. The molecule has 3 aromatic rings. The van der Waals surface area contributed by atoms with Gasteiger partial charge in [0.05, 0.1) is 0 Å². The lowest BCUT2D eigenvalue weighted by Gasteiger charge is -2.36. The molecule has 2 fully saturated rings. The molecule has 0 atom stereocenters. The summed E-state index contributed by atoms with van der Waals surface area (Å²) < 4.78 is 0. The Balaban J connectivity index is 1.05. The van der Waals surface area contributed by atoms with Crippen molar-refractivity contribution in [1.29, 1.82) is 0 Å². The normalized spacial score (nSPS) is 22.1. The molecule has 1 saturated heterocycles. The average Bonchev–Trinajstić information content (AvgIpc) is 3.30. The van der Waals surface area contributed by atoms with Crippen LogP contribution in [0.15, 0.2) is 48.9 Å². The van der Waals surface area contributed by atoms with Crippen LogP contribution in [0.4, 0.5) is 0 Å². The maximum Gasteiger partial charge on any atom is 0.244 e. The third-order valence-corrected chi connectivity index (χ3v) is 8.31. The Morgan fingerprint density at radius 3 is 2.57 bits per heavy atom. The molecule has 1 saturated carbocycles. The fourth-order valence-electron chi connectivity index (χ4n) is 5.68. The van der Waals surface area contributed by atoms with E-state index in [1.165, 1.54) is 54.8 Å². The smallest absolute Gasteiger partial charge is 0.244 e. The largest absolute Gasteiger partial charge is 0.361 e. The first-order valence-corrected chi connectivity index (χ1v) is 13.4. The van der Waals surface area contributed by atoms with Crippen molar-refractivity contribution in [3.05, 3.63) is 70.1 Å². The Hall–Kier alpha value is -2.34. The van der Waals surface area contributed by atoms with Crippen LogP contribution in [0.5, 0.6) is 0 Å². The van der Waals surface area contributed by atoms with Crippen LogP contribution in [0.1, 0.15) is 55.6 Å². The number of hydrogen-bond acceptors (Lipinski definition) is 3. The van der Waals surface area contributed by atoms with Crippen molar-refractivity contribution in [2.45, 2.75) is 50.5 Å². The van der Waals surface area contributed by atoms with E-state index >= 15 is 0 Å². The lowest BCUT2D eigenvalue weighted by Crippen LogP contribution is -2.41. The second kappa shape index (κ2) is 11.2. The number of aromatic amines is 1. The number of rotatable bonds is 6. The van der Waals surface area contributed by atoms with Crippen LogP contribution >= 0.6 is 23.2 Å². The zero-order chi connectivity index (χ0) is 24.2. The molecule has 3 heterocycles. The molecule has 5 rings (SSSR count). The SMILES string of the molecule is O=C(/C=C/c1c(Cl)cccc1Cl)NC1CCC(CN2CCC(c3c[nH]c4ccncc34)CC2)CC1. The number of carbonyl (C=O) groups excluding carboxylic acids is 1. The Labute approximate surface area is 216 Å². The van der Waals surface area contributed by atoms with E-state index in [1.807, 2.05) is 12.4 Å². The number of halogens is 2. The Morgan fingerprint density at radius 1 is 1.09 bits per heavy atom. The van der Waals surface area contributed by atoms with Crippen LogP contribution in [-0.4, -0.2) is 46.5 Å². The van der Waals surface area contributed by atoms with Gasteiger partial charge in [-0.05, 0) is 93.3 Å². The number of fused-ring (bicyclic) bond motifs is 1. The summed E-state index contributed by atoms with van der Waals surface area (Å²) in [5, 5.41) is 5.52. The number of likely N-dealkylation sites (tertiary alicyclic amines) is 1. The van der Waals surface area contributed by atoms with Crippen molar-refractivity contribution >= 4 is 46.1 Å². The van der Waals surface area contributed by atoms with Crippen molar-refractivity contribution in [1.82, 2.24) is 20.2 Å². The first-order valence-electron chi connectivity index (χ1n) is 12.6. The summed E-state index contributed by atoms with van der Waals surface area (Å²) in [6.07, 6.45) is 16.1. The van der Waals surface area contributed by atoms with Gasteiger partial charge in [0.2, 0.25) is 5.91 Å². The fraction of sp³-hybridized carbons (Fsp3) is 0.429. The molecule has 7 heteroatoms. The summed E-state index contributed by atoms with van der Waals surface area (Å²) in [6, 6.07) is 7.64. The molecule has 0 unspecified atom stereocenters. The molecule has 1 aliphatic carbocycles. The van der Waals surface area contributed by atoms with Gasteiger partial charge in [-0.1, -0.05) is 29.3 Å². The summed E-state index contributed by atoms with van der Waals surface area (Å²) >= 11 is 12.4. The molecule has 2 aliphatic rings. The molecule has 1 aromatic carbocycles. The molecule has 0 radical (unpaired) electrons. The van der Waals surface area contributed by atoms with Crippen LogP contribution < -0.4 is 5.32 Å². The predicted molar refractivity (Wildman–Crippen MR) is 144 cm³/mol. The first-order chi connectivity index (χ1) is 17.1. The van der Waals surface area contributed by atoms with Crippen molar-refractivity contribution in [2.75, 3.05) is 19.6 Å². The fourth-order valence-corrected chi connectivity index (χ4v) is 6.20. The van der Waals surface area contributed by atoms with Gasteiger partial charge in [-0.3, -0.25) is 9.78 Å². The number of H-pyrrole nitrogens is 1. The maximum atomic E-state index is 12.4. The number of piperidine rings is 1. The summed E-state index contributed by atoms with van der Waals surface area (Å²) in [5.41, 5.74) is 3.29. The van der Waals surface area contributed by atoms with Crippen LogP contribution in [0.2, 0.25) is 10.0 Å². The minimum Gasteiger partial charge on any atom is -0.361 e. The average molecular weight is 511 g/mol. The summed E-state index contributed by atoms with van der Waals surface area (Å²) in [6.45, 7) is 3.49. The Morgan fingerprint density at radius 2 is 1.83 bits per heavy atom. The molecule has 35 heavy (non-hydrogen) atoms. The van der Waals surface area contributed by atoms with Gasteiger partial charge in [-0.2, -0.15) is 0 Å². The van der Waals surface area contributed by atoms with Gasteiger partial charge in [0.25, 0.3) is 0 Å². The van der Waals surface area contributed by atoms with Crippen molar-refractivity contribution in [3.8, 4) is 0 Å². The Kier molecular flexibility index (Phi) is 7.76. The highest BCUT2D eigenvalue weighted by Crippen LogP contribution is 2.34.